The van der Waals surface area contributed by atoms with Crippen molar-refractivity contribution in [3.8, 4) is 11.1 Å². The van der Waals surface area contributed by atoms with E-state index in [1.165, 1.54) is 15.8 Å². The summed E-state index contributed by atoms with van der Waals surface area (Å²) in [5.74, 6) is 0. The number of rotatable bonds is 3. The molecule has 0 aliphatic carbocycles. The van der Waals surface area contributed by atoms with E-state index in [0.717, 1.165) is 16.3 Å². The van der Waals surface area contributed by atoms with Crippen LogP contribution in [0.25, 0.3) is 21.3 Å². The third kappa shape index (κ3) is 2.59. The Morgan fingerprint density at radius 3 is 2.23 bits per heavy atom. The number of aromatic nitrogens is 1. The molecule has 0 bridgehead atoms. The lowest BCUT2D eigenvalue weighted by molar-refractivity contribution is 1.44. The highest BCUT2D eigenvalue weighted by Crippen LogP contribution is 2.31. The van der Waals surface area contributed by atoms with Crippen molar-refractivity contribution < 1.29 is 0 Å². The molecule has 0 radical (unpaired) electrons. The van der Waals surface area contributed by atoms with Gasteiger partial charge in [0.1, 0.15) is 0 Å². The molecule has 0 saturated carbocycles. The highest BCUT2D eigenvalue weighted by molar-refractivity contribution is 7.22. The first-order chi connectivity index (χ1) is 10.9. The number of anilines is 2. The maximum atomic E-state index is 4.65. The van der Waals surface area contributed by atoms with Crippen LogP contribution in [0, 0.1) is 0 Å². The molecule has 4 aromatic rings. The van der Waals surface area contributed by atoms with Gasteiger partial charge in [-0.05, 0) is 35.4 Å². The summed E-state index contributed by atoms with van der Waals surface area (Å²) in [6, 6.07) is 27.0. The van der Waals surface area contributed by atoms with Crippen LogP contribution in [-0.2, 0) is 0 Å². The van der Waals surface area contributed by atoms with Gasteiger partial charge in [0.2, 0.25) is 0 Å². The molecule has 0 atom stereocenters. The van der Waals surface area contributed by atoms with E-state index in [9.17, 15) is 0 Å². The van der Waals surface area contributed by atoms with Crippen molar-refractivity contribution in [2.45, 2.75) is 0 Å². The second kappa shape index (κ2) is 5.62. The van der Waals surface area contributed by atoms with Gasteiger partial charge in [0.05, 0.1) is 10.2 Å². The van der Waals surface area contributed by atoms with Crippen molar-refractivity contribution in [2.75, 3.05) is 5.32 Å². The zero-order valence-corrected chi connectivity index (χ0v) is 12.7. The first-order valence-corrected chi connectivity index (χ1v) is 7.98. The smallest absolute Gasteiger partial charge is 0.188 e. The maximum Gasteiger partial charge on any atom is 0.188 e. The Kier molecular flexibility index (Phi) is 3.33. The molecule has 2 nitrogen and oxygen atoms in total. The minimum Gasteiger partial charge on any atom is -0.332 e. The van der Waals surface area contributed by atoms with Crippen LogP contribution in [0.15, 0.2) is 78.9 Å². The van der Waals surface area contributed by atoms with Crippen LogP contribution in [0.3, 0.4) is 0 Å². The molecule has 1 heterocycles. The topological polar surface area (TPSA) is 24.9 Å². The number of benzene rings is 3. The van der Waals surface area contributed by atoms with Gasteiger partial charge in [-0.15, -0.1) is 0 Å². The molecule has 0 spiro atoms. The summed E-state index contributed by atoms with van der Waals surface area (Å²) in [5, 5.41) is 4.28. The van der Waals surface area contributed by atoms with Crippen LogP contribution >= 0.6 is 11.3 Å². The van der Waals surface area contributed by atoms with E-state index in [-0.39, 0.29) is 0 Å². The van der Waals surface area contributed by atoms with Crippen molar-refractivity contribution in [2.24, 2.45) is 0 Å². The highest BCUT2D eigenvalue weighted by atomic mass is 32.1. The summed E-state index contributed by atoms with van der Waals surface area (Å²) >= 11 is 1.68. The molecule has 3 heteroatoms. The SMILES string of the molecule is c1ccc(Nc2nc3ccc(-c4ccccc4)cc3s2)cc1. The van der Waals surface area contributed by atoms with Gasteiger partial charge in [0.15, 0.2) is 5.13 Å². The fraction of sp³-hybridized carbons (Fsp3) is 0. The van der Waals surface area contributed by atoms with E-state index in [4.69, 9.17) is 0 Å². The molecule has 22 heavy (non-hydrogen) atoms. The summed E-state index contributed by atoms with van der Waals surface area (Å²) in [5.41, 5.74) is 4.55. The monoisotopic (exact) mass is 302 g/mol. The molecule has 0 saturated heterocycles. The number of hydrogen-bond acceptors (Lipinski definition) is 3. The van der Waals surface area contributed by atoms with E-state index in [1.54, 1.807) is 11.3 Å². The third-order valence-electron chi connectivity index (χ3n) is 3.52. The van der Waals surface area contributed by atoms with Crippen LogP contribution in [0.2, 0.25) is 0 Å². The van der Waals surface area contributed by atoms with Gasteiger partial charge < -0.3 is 5.32 Å². The molecule has 0 fully saturated rings. The van der Waals surface area contributed by atoms with Gasteiger partial charge in [-0.25, -0.2) is 4.98 Å². The van der Waals surface area contributed by atoms with Crippen LogP contribution < -0.4 is 5.32 Å². The molecule has 0 unspecified atom stereocenters. The quantitative estimate of drug-likeness (QED) is 0.524. The van der Waals surface area contributed by atoms with Crippen molar-refractivity contribution >= 4 is 32.4 Å². The number of para-hydroxylation sites is 1. The number of nitrogens with zero attached hydrogens (tertiary/aromatic N) is 1. The van der Waals surface area contributed by atoms with E-state index in [1.807, 2.05) is 36.4 Å². The first-order valence-electron chi connectivity index (χ1n) is 7.16. The number of nitrogens with one attached hydrogen (secondary N) is 1. The average Bonchev–Trinajstić information content (AvgIpc) is 2.98. The number of hydrogen-bond donors (Lipinski definition) is 1. The Hall–Kier alpha value is -2.65. The van der Waals surface area contributed by atoms with Gasteiger partial charge in [0.25, 0.3) is 0 Å². The molecular formula is C19H14N2S. The van der Waals surface area contributed by atoms with Gasteiger partial charge in [-0.2, -0.15) is 0 Å². The van der Waals surface area contributed by atoms with Crippen LogP contribution in [0.4, 0.5) is 10.8 Å². The Morgan fingerprint density at radius 1 is 0.727 bits per heavy atom. The Labute approximate surface area is 133 Å². The summed E-state index contributed by atoms with van der Waals surface area (Å²) in [7, 11) is 0. The maximum absolute atomic E-state index is 4.65. The zero-order chi connectivity index (χ0) is 14.8. The first kappa shape index (κ1) is 13.0. The molecule has 0 amide bonds. The van der Waals surface area contributed by atoms with Gasteiger partial charge in [-0.3, -0.25) is 0 Å². The van der Waals surface area contributed by atoms with E-state index in [2.05, 4.69) is 52.8 Å². The summed E-state index contributed by atoms with van der Waals surface area (Å²) in [4.78, 5) is 4.65. The summed E-state index contributed by atoms with van der Waals surface area (Å²) < 4.78 is 1.19. The summed E-state index contributed by atoms with van der Waals surface area (Å²) in [6.07, 6.45) is 0. The van der Waals surface area contributed by atoms with Crippen molar-refractivity contribution in [3.63, 3.8) is 0 Å². The summed E-state index contributed by atoms with van der Waals surface area (Å²) in [6.45, 7) is 0. The predicted octanol–water partition coefficient (Wildman–Crippen LogP) is 5.71. The van der Waals surface area contributed by atoms with Crippen molar-refractivity contribution in [3.05, 3.63) is 78.9 Å². The second-order valence-electron chi connectivity index (χ2n) is 5.06. The largest absolute Gasteiger partial charge is 0.332 e. The van der Waals surface area contributed by atoms with Crippen LogP contribution in [0.1, 0.15) is 0 Å². The molecular weight excluding hydrogens is 288 g/mol. The number of thiazole rings is 1. The normalized spacial score (nSPS) is 10.7. The third-order valence-corrected chi connectivity index (χ3v) is 4.45. The minimum atomic E-state index is 0.923. The standard InChI is InChI=1S/C19H14N2S/c1-3-7-14(8-4-1)15-11-12-17-18(13-15)22-19(21-17)20-16-9-5-2-6-10-16/h1-13H,(H,20,21). The number of fused-ring (bicyclic) bond motifs is 1. The van der Waals surface area contributed by atoms with Crippen LogP contribution in [-0.4, -0.2) is 4.98 Å². The Morgan fingerprint density at radius 2 is 1.45 bits per heavy atom. The Bertz CT molecular complexity index is 899. The van der Waals surface area contributed by atoms with E-state index < -0.39 is 0 Å². The lowest BCUT2D eigenvalue weighted by atomic mass is 10.1. The van der Waals surface area contributed by atoms with Crippen LogP contribution in [0.5, 0.6) is 0 Å². The molecule has 1 aromatic heterocycles. The highest BCUT2D eigenvalue weighted by Gasteiger charge is 2.06. The van der Waals surface area contributed by atoms with Crippen molar-refractivity contribution in [1.82, 2.24) is 4.98 Å². The zero-order valence-electron chi connectivity index (χ0n) is 11.9. The van der Waals surface area contributed by atoms with Gasteiger partial charge in [0, 0.05) is 5.69 Å². The fourth-order valence-electron chi connectivity index (χ4n) is 2.43. The van der Waals surface area contributed by atoms with Crippen molar-refractivity contribution in [1.29, 1.82) is 0 Å². The molecule has 4 rings (SSSR count). The lowest BCUT2D eigenvalue weighted by Gasteiger charge is -2.00. The average molecular weight is 302 g/mol. The molecule has 0 aliphatic rings. The Balaban J connectivity index is 1.69. The molecule has 3 aromatic carbocycles. The van der Waals surface area contributed by atoms with Gasteiger partial charge >= 0.3 is 0 Å². The molecule has 0 aliphatic heterocycles. The van der Waals surface area contributed by atoms with Gasteiger partial charge in [-0.1, -0.05) is 65.9 Å². The minimum absolute atomic E-state index is 0.923. The van der Waals surface area contributed by atoms with E-state index >= 15 is 0 Å². The van der Waals surface area contributed by atoms with E-state index in [0.29, 0.717) is 0 Å². The molecule has 1 N–H and O–H groups in total. The lowest BCUT2D eigenvalue weighted by Crippen LogP contribution is -1.87. The molecule has 106 valence electrons. The fourth-order valence-corrected chi connectivity index (χ4v) is 3.36. The predicted molar refractivity (Wildman–Crippen MR) is 94.8 cm³/mol. The second-order valence-corrected chi connectivity index (χ2v) is 6.09.